The fourth-order valence-electron chi connectivity index (χ4n) is 2.59. The molecule has 1 atom stereocenters. The average Bonchev–Trinajstić information content (AvgIpc) is 3.04. The number of hydrogen-bond acceptors (Lipinski definition) is 4. The van der Waals surface area contributed by atoms with Crippen LogP contribution in [0.4, 0.5) is 10.1 Å². The first kappa shape index (κ1) is 24.2. The Bertz CT molecular complexity index is 790. The highest BCUT2D eigenvalue weighted by atomic mass is 127. The smallest absolute Gasteiger partial charge is 0.191 e. The number of benzene rings is 1. The summed E-state index contributed by atoms with van der Waals surface area (Å²) in [5.41, 5.74) is 0.130. The summed E-state index contributed by atoms with van der Waals surface area (Å²) in [6.07, 6.45) is 0. The summed E-state index contributed by atoms with van der Waals surface area (Å²) in [6, 6.07) is 8.66. The highest BCUT2D eigenvalue weighted by molar-refractivity contribution is 14.0. The number of rotatable bonds is 7. The van der Waals surface area contributed by atoms with Crippen LogP contribution in [0.3, 0.4) is 0 Å². The Morgan fingerprint density at radius 2 is 1.96 bits per heavy atom. The number of aryl methyl sites for hydroxylation is 1. The Labute approximate surface area is 183 Å². The van der Waals surface area contributed by atoms with Crippen molar-refractivity contribution in [2.24, 2.45) is 4.99 Å². The number of aliphatic hydroxyl groups is 1. The molecule has 0 bridgehead atoms. The number of nitrogens with zero attached hydrogens (tertiary/aromatic N) is 2. The lowest BCUT2D eigenvalue weighted by Gasteiger charge is -2.23. The van der Waals surface area contributed by atoms with Gasteiger partial charge in [-0.25, -0.2) is 9.38 Å². The Kier molecular flexibility index (Phi) is 9.22. The minimum atomic E-state index is -1.18. The summed E-state index contributed by atoms with van der Waals surface area (Å²) < 4.78 is 19.6. The second-order valence-corrected chi connectivity index (χ2v) is 6.91. The minimum absolute atomic E-state index is 0. The third-order valence-corrected chi connectivity index (χ3v) is 4.13. The molecule has 0 spiro atoms. The molecule has 0 saturated carbocycles. The van der Waals surface area contributed by atoms with Gasteiger partial charge in [0, 0.05) is 20.6 Å². The van der Waals surface area contributed by atoms with Crippen LogP contribution < -0.4 is 15.5 Å². The number of guanidine groups is 1. The van der Waals surface area contributed by atoms with E-state index >= 15 is 0 Å². The van der Waals surface area contributed by atoms with Gasteiger partial charge in [0.1, 0.15) is 22.9 Å². The lowest BCUT2D eigenvalue weighted by Crippen LogP contribution is -2.44. The Hall–Kier alpha value is -1.81. The molecule has 8 heteroatoms. The fraction of sp³-hybridized carbons (Fsp3) is 0.450. The zero-order valence-corrected chi connectivity index (χ0v) is 19.4. The molecule has 1 aromatic heterocycles. The molecule has 2 aromatic rings. The molecule has 1 heterocycles. The molecule has 3 N–H and O–H groups in total. The van der Waals surface area contributed by atoms with E-state index in [1.54, 1.807) is 38.1 Å². The van der Waals surface area contributed by atoms with Crippen LogP contribution in [0.2, 0.25) is 0 Å². The molecule has 0 aliphatic rings. The van der Waals surface area contributed by atoms with Crippen LogP contribution in [0.25, 0.3) is 0 Å². The number of halogens is 2. The maximum Gasteiger partial charge on any atom is 0.191 e. The van der Waals surface area contributed by atoms with E-state index in [1.807, 2.05) is 26.0 Å². The summed E-state index contributed by atoms with van der Waals surface area (Å²) in [5.74, 6) is 1.50. The molecule has 0 radical (unpaired) electrons. The van der Waals surface area contributed by atoms with Crippen LogP contribution in [0, 0.1) is 12.7 Å². The quantitative estimate of drug-likeness (QED) is 0.307. The van der Waals surface area contributed by atoms with Crippen molar-refractivity contribution in [3.05, 3.63) is 53.2 Å². The van der Waals surface area contributed by atoms with Gasteiger partial charge < -0.3 is 25.1 Å². The summed E-state index contributed by atoms with van der Waals surface area (Å²) in [7, 11) is 3.60. The highest BCUT2D eigenvalue weighted by Crippen LogP contribution is 2.22. The fourth-order valence-corrected chi connectivity index (χ4v) is 2.59. The zero-order chi connectivity index (χ0) is 20.0. The Morgan fingerprint density at radius 1 is 1.25 bits per heavy atom. The first-order valence-electron chi connectivity index (χ1n) is 9.00. The summed E-state index contributed by atoms with van der Waals surface area (Å²) in [4.78, 5) is 6.20. The maximum atomic E-state index is 14.1. The monoisotopic (exact) mass is 504 g/mol. The summed E-state index contributed by atoms with van der Waals surface area (Å²) in [6.45, 7) is 6.68. The van der Waals surface area contributed by atoms with Crippen LogP contribution in [0.15, 0.2) is 39.7 Å². The first-order valence-corrected chi connectivity index (χ1v) is 9.00. The van der Waals surface area contributed by atoms with Gasteiger partial charge in [0.15, 0.2) is 5.96 Å². The van der Waals surface area contributed by atoms with Crippen molar-refractivity contribution in [1.82, 2.24) is 10.6 Å². The lowest BCUT2D eigenvalue weighted by molar-refractivity contribution is 0.0378. The van der Waals surface area contributed by atoms with Crippen molar-refractivity contribution in [3.63, 3.8) is 0 Å². The molecule has 0 amide bonds. The third kappa shape index (κ3) is 6.66. The lowest BCUT2D eigenvalue weighted by atomic mass is 10.0. The molecule has 28 heavy (non-hydrogen) atoms. The van der Waals surface area contributed by atoms with Gasteiger partial charge in [0.2, 0.25) is 0 Å². The summed E-state index contributed by atoms with van der Waals surface area (Å²) in [5, 5.41) is 16.9. The Morgan fingerprint density at radius 3 is 2.50 bits per heavy atom. The van der Waals surface area contributed by atoms with E-state index in [4.69, 9.17) is 4.42 Å². The molecule has 1 unspecified atom stereocenters. The second-order valence-electron chi connectivity index (χ2n) is 6.91. The number of nitrogens with one attached hydrogen (secondary N) is 2. The van der Waals surface area contributed by atoms with Crippen LogP contribution in [-0.2, 0) is 12.1 Å². The zero-order valence-electron chi connectivity index (χ0n) is 17.0. The van der Waals surface area contributed by atoms with E-state index in [-0.39, 0.29) is 36.3 Å². The van der Waals surface area contributed by atoms with E-state index in [1.165, 1.54) is 6.07 Å². The molecule has 6 nitrogen and oxygen atoms in total. The maximum absolute atomic E-state index is 14.1. The SMILES string of the molecule is CCNC(=NCc1ccc(N(C)C)c(F)c1)NCC(C)(O)c1ccc(C)o1.I. The van der Waals surface area contributed by atoms with Crippen molar-refractivity contribution >= 4 is 35.6 Å². The number of furan rings is 1. The van der Waals surface area contributed by atoms with Gasteiger partial charge in [-0.2, -0.15) is 0 Å². The minimum Gasteiger partial charge on any atom is -0.463 e. The van der Waals surface area contributed by atoms with E-state index in [0.29, 0.717) is 30.5 Å². The molecular weight excluding hydrogens is 474 g/mol. The molecular formula is C20H30FIN4O2. The van der Waals surface area contributed by atoms with Crippen LogP contribution in [0.1, 0.15) is 30.9 Å². The third-order valence-electron chi connectivity index (χ3n) is 4.13. The first-order chi connectivity index (χ1) is 12.7. The van der Waals surface area contributed by atoms with Gasteiger partial charge in [-0.1, -0.05) is 6.07 Å². The molecule has 0 aliphatic heterocycles. The standard InChI is InChI=1S/C20H29FN4O2.HI/c1-6-22-19(24-13-20(3,26)18-10-7-14(2)27-18)23-12-15-8-9-17(25(4)5)16(21)11-15;/h7-11,26H,6,12-13H2,1-5H3,(H2,22,23,24);1H. The second kappa shape index (κ2) is 10.7. The van der Waals surface area contributed by atoms with Crippen molar-refractivity contribution in [2.75, 3.05) is 32.1 Å². The van der Waals surface area contributed by atoms with E-state index in [0.717, 1.165) is 11.3 Å². The molecule has 156 valence electrons. The van der Waals surface area contributed by atoms with Gasteiger partial charge in [0.05, 0.1) is 18.8 Å². The van der Waals surface area contributed by atoms with Gasteiger partial charge in [-0.3, -0.25) is 0 Å². The van der Waals surface area contributed by atoms with Crippen molar-refractivity contribution in [3.8, 4) is 0 Å². The molecule has 0 aliphatic carbocycles. The van der Waals surface area contributed by atoms with Gasteiger partial charge in [-0.05, 0) is 50.6 Å². The van der Waals surface area contributed by atoms with Crippen molar-refractivity contribution in [1.29, 1.82) is 0 Å². The molecule has 0 saturated heterocycles. The van der Waals surface area contributed by atoms with Crippen molar-refractivity contribution < 1.29 is 13.9 Å². The topological polar surface area (TPSA) is 73.0 Å². The largest absolute Gasteiger partial charge is 0.463 e. The van der Waals surface area contributed by atoms with Gasteiger partial charge in [-0.15, -0.1) is 24.0 Å². The van der Waals surface area contributed by atoms with E-state index in [9.17, 15) is 9.50 Å². The van der Waals surface area contributed by atoms with Crippen molar-refractivity contribution in [2.45, 2.75) is 32.9 Å². The molecule has 0 fully saturated rings. The predicted molar refractivity (Wildman–Crippen MR) is 122 cm³/mol. The predicted octanol–water partition coefficient (Wildman–Crippen LogP) is 3.37. The van der Waals surface area contributed by atoms with Gasteiger partial charge >= 0.3 is 0 Å². The summed E-state index contributed by atoms with van der Waals surface area (Å²) >= 11 is 0. The number of hydrogen-bond donors (Lipinski definition) is 3. The number of anilines is 1. The van der Waals surface area contributed by atoms with Crippen LogP contribution in [0.5, 0.6) is 0 Å². The molecule has 1 aromatic carbocycles. The van der Waals surface area contributed by atoms with Gasteiger partial charge in [0.25, 0.3) is 0 Å². The van der Waals surface area contributed by atoms with E-state index < -0.39 is 5.60 Å². The molecule has 2 rings (SSSR count). The average molecular weight is 504 g/mol. The Balaban J connectivity index is 0.00000392. The van der Waals surface area contributed by atoms with E-state index in [2.05, 4.69) is 15.6 Å². The normalized spacial score (nSPS) is 13.5. The van der Waals surface area contributed by atoms with Crippen LogP contribution >= 0.6 is 24.0 Å². The number of aliphatic imine (C=N–C) groups is 1. The highest BCUT2D eigenvalue weighted by Gasteiger charge is 2.27. The van der Waals surface area contributed by atoms with Crippen LogP contribution in [-0.4, -0.2) is 38.3 Å².